The Bertz CT molecular complexity index is 579. The van der Waals surface area contributed by atoms with E-state index >= 15 is 0 Å². The van der Waals surface area contributed by atoms with Gasteiger partial charge in [0.2, 0.25) is 5.78 Å². The van der Waals surface area contributed by atoms with Crippen LogP contribution in [-0.4, -0.2) is 15.3 Å². The van der Waals surface area contributed by atoms with Crippen LogP contribution in [0.25, 0.3) is 0 Å². The molecule has 4 nitrogen and oxygen atoms in total. The van der Waals surface area contributed by atoms with Gasteiger partial charge in [0.25, 0.3) is 0 Å². The molecule has 0 fully saturated rings. The number of ketones is 1. The molecule has 0 bridgehead atoms. The van der Waals surface area contributed by atoms with Crippen LogP contribution in [0.1, 0.15) is 46.6 Å². The minimum absolute atomic E-state index is 0.0553. The molecule has 0 aliphatic carbocycles. The number of furan rings is 1. The summed E-state index contributed by atoms with van der Waals surface area (Å²) in [6, 6.07) is 0. The zero-order chi connectivity index (χ0) is 13.3. The predicted molar refractivity (Wildman–Crippen MR) is 68.9 cm³/mol. The molecule has 18 heavy (non-hydrogen) atoms. The number of hydrogen-bond donors (Lipinski definition) is 0. The van der Waals surface area contributed by atoms with E-state index in [4.69, 9.17) is 4.42 Å². The van der Waals surface area contributed by atoms with E-state index in [1.54, 1.807) is 6.20 Å². The summed E-state index contributed by atoms with van der Waals surface area (Å²) in [6.45, 7) is 8.48. The van der Waals surface area contributed by atoms with E-state index in [0.29, 0.717) is 17.1 Å². The third-order valence-corrected chi connectivity index (χ3v) is 3.17. The van der Waals surface area contributed by atoms with E-state index < -0.39 is 0 Å². The van der Waals surface area contributed by atoms with Gasteiger partial charge in [-0.1, -0.05) is 6.92 Å². The molecule has 4 heteroatoms. The van der Waals surface area contributed by atoms with Crippen molar-refractivity contribution in [2.45, 2.75) is 40.7 Å². The van der Waals surface area contributed by atoms with E-state index in [2.05, 4.69) is 11.9 Å². The third kappa shape index (κ3) is 1.98. The quantitative estimate of drug-likeness (QED) is 0.779. The first kappa shape index (κ1) is 12.6. The van der Waals surface area contributed by atoms with Crippen LogP contribution in [0.2, 0.25) is 0 Å². The summed E-state index contributed by atoms with van der Waals surface area (Å²) in [4.78, 5) is 16.7. The van der Waals surface area contributed by atoms with Gasteiger partial charge in [-0.05, 0) is 27.2 Å². The number of carbonyl (C=O) groups excluding carboxylic acids is 1. The van der Waals surface area contributed by atoms with E-state index in [1.165, 1.54) is 0 Å². The van der Waals surface area contributed by atoms with Crippen LogP contribution < -0.4 is 0 Å². The van der Waals surface area contributed by atoms with E-state index in [-0.39, 0.29) is 5.78 Å². The lowest BCUT2D eigenvalue weighted by atomic mass is 10.1. The first-order valence-electron chi connectivity index (χ1n) is 6.18. The highest BCUT2D eigenvalue weighted by atomic mass is 16.3. The molecule has 0 unspecified atom stereocenters. The standard InChI is InChI=1S/C14H18N2O2/c1-5-7-16-8-6-15-14(16)13(17)12-9(2)10(3)18-11(12)4/h6,8H,5,7H2,1-4H3. The van der Waals surface area contributed by atoms with Crippen LogP contribution in [0.5, 0.6) is 0 Å². The van der Waals surface area contributed by atoms with Crippen molar-refractivity contribution >= 4 is 5.78 Å². The molecule has 0 saturated heterocycles. The summed E-state index contributed by atoms with van der Waals surface area (Å²) in [7, 11) is 0. The monoisotopic (exact) mass is 246 g/mol. The van der Waals surface area contributed by atoms with Crippen molar-refractivity contribution in [3.8, 4) is 0 Å². The summed E-state index contributed by atoms with van der Waals surface area (Å²) in [6.07, 6.45) is 4.48. The van der Waals surface area contributed by atoms with E-state index in [9.17, 15) is 4.79 Å². The molecule has 2 rings (SSSR count). The molecule has 0 amide bonds. The molecule has 96 valence electrons. The second-order valence-corrected chi connectivity index (χ2v) is 4.49. The fourth-order valence-corrected chi connectivity index (χ4v) is 2.18. The second kappa shape index (κ2) is 4.80. The van der Waals surface area contributed by atoms with Crippen molar-refractivity contribution in [1.29, 1.82) is 0 Å². The van der Waals surface area contributed by atoms with Gasteiger partial charge >= 0.3 is 0 Å². The second-order valence-electron chi connectivity index (χ2n) is 4.49. The normalized spacial score (nSPS) is 10.9. The largest absolute Gasteiger partial charge is 0.466 e. The molecule has 0 atom stereocenters. The predicted octanol–water partition coefficient (Wildman–Crippen LogP) is 3.04. The van der Waals surface area contributed by atoms with Gasteiger partial charge in [0.1, 0.15) is 11.5 Å². The number of carbonyl (C=O) groups is 1. The van der Waals surface area contributed by atoms with E-state index in [0.717, 1.165) is 24.3 Å². The summed E-state index contributed by atoms with van der Waals surface area (Å²) < 4.78 is 7.40. The number of aryl methyl sites for hydroxylation is 3. The van der Waals surface area contributed by atoms with Crippen LogP contribution in [0, 0.1) is 20.8 Å². The molecule has 0 aliphatic rings. The van der Waals surface area contributed by atoms with Crippen LogP contribution >= 0.6 is 0 Å². The van der Waals surface area contributed by atoms with Crippen LogP contribution in [0.4, 0.5) is 0 Å². The van der Waals surface area contributed by atoms with Gasteiger partial charge in [-0.25, -0.2) is 4.98 Å². The smallest absolute Gasteiger partial charge is 0.232 e. The highest BCUT2D eigenvalue weighted by molar-refractivity contribution is 6.08. The number of hydrogen-bond acceptors (Lipinski definition) is 3. The Morgan fingerprint density at radius 1 is 1.33 bits per heavy atom. The molecule has 2 aromatic rings. The Balaban J connectivity index is 2.45. The summed E-state index contributed by atoms with van der Waals surface area (Å²) in [5, 5.41) is 0. The fourth-order valence-electron chi connectivity index (χ4n) is 2.18. The van der Waals surface area contributed by atoms with Crippen LogP contribution in [0.3, 0.4) is 0 Å². The molecular formula is C14H18N2O2. The first-order chi connectivity index (χ1) is 8.56. The molecule has 2 heterocycles. The summed E-state index contributed by atoms with van der Waals surface area (Å²) >= 11 is 0. The molecule has 2 aromatic heterocycles. The van der Waals surface area contributed by atoms with Crippen molar-refractivity contribution in [2.75, 3.05) is 0 Å². The van der Waals surface area contributed by atoms with Crippen molar-refractivity contribution in [2.24, 2.45) is 0 Å². The maximum atomic E-state index is 12.5. The first-order valence-corrected chi connectivity index (χ1v) is 6.18. The maximum Gasteiger partial charge on any atom is 0.232 e. The molecular weight excluding hydrogens is 228 g/mol. The summed E-state index contributed by atoms with van der Waals surface area (Å²) in [5.74, 6) is 1.90. The Kier molecular flexibility index (Phi) is 3.36. The molecule has 0 aliphatic heterocycles. The number of nitrogens with zero attached hydrogens (tertiary/aromatic N) is 2. The molecule has 0 radical (unpaired) electrons. The minimum Gasteiger partial charge on any atom is -0.466 e. The van der Waals surface area contributed by atoms with Gasteiger partial charge in [0.15, 0.2) is 5.82 Å². The number of aromatic nitrogens is 2. The van der Waals surface area contributed by atoms with Crippen LogP contribution in [-0.2, 0) is 6.54 Å². The lowest BCUT2D eigenvalue weighted by Gasteiger charge is -2.05. The zero-order valence-corrected chi connectivity index (χ0v) is 11.3. The molecule has 0 aromatic carbocycles. The molecule has 0 N–H and O–H groups in total. The van der Waals surface area contributed by atoms with Gasteiger partial charge in [-0.3, -0.25) is 4.79 Å². The van der Waals surface area contributed by atoms with E-state index in [1.807, 2.05) is 31.5 Å². The lowest BCUT2D eigenvalue weighted by Crippen LogP contribution is -2.12. The van der Waals surface area contributed by atoms with Gasteiger partial charge in [0, 0.05) is 24.5 Å². The van der Waals surface area contributed by atoms with Crippen molar-refractivity contribution in [1.82, 2.24) is 9.55 Å². The average Bonchev–Trinajstić information content (AvgIpc) is 2.86. The third-order valence-electron chi connectivity index (χ3n) is 3.17. The van der Waals surface area contributed by atoms with Gasteiger partial charge in [-0.2, -0.15) is 0 Å². The molecule has 0 spiro atoms. The highest BCUT2D eigenvalue weighted by Gasteiger charge is 2.23. The van der Waals surface area contributed by atoms with Gasteiger partial charge in [0.05, 0.1) is 5.56 Å². The number of imidazole rings is 1. The minimum atomic E-state index is -0.0553. The topological polar surface area (TPSA) is 48.0 Å². The van der Waals surface area contributed by atoms with Crippen molar-refractivity contribution in [3.05, 3.63) is 40.9 Å². The Morgan fingerprint density at radius 2 is 2.06 bits per heavy atom. The summed E-state index contributed by atoms with van der Waals surface area (Å²) in [5.41, 5.74) is 1.56. The van der Waals surface area contributed by atoms with Crippen molar-refractivity contribution in [3.63, 3.8) is 0 Å². The zero-order valence-electron chi connectivity index (χ0n) is 11.3. The SMILES string of the molecule is CCCn1ccnc1C(=O)c1c(C)oc(C)c1C. The van der Waals surface area contributed by atoms with Gasteiger partial charge < -0.3 is 8.98 Å². The Labute approximate surface area is 107 Å². The maximum absolute atomic E-state index is 12.5. The van der Waals surface area contributed by atoms with Gasteiger partial charge in [-0.15, -0.1) is 0 Å². The lowest BCUT2D eigenvalue weighted by molar-refractivity contribution is 0.102. The van der Waals surface area contributed by atoms with Crippen molar-refractivity contribution < 1.29 is 9.21 Å². The average molecular weight is 246 g/mol. The fraction of sp³-hybridized carbons (Fsp3) is 0.429. The molecule has 0 saturated carbocycles. The highest BCUT2D eigenvalue weighted by Crippen LogP contribution is 2.23. The van der Waals surface area contributed by atoms with Crippen LogP contribution in [0.15, 0.2) is 16.8 Å². The Hall–Kier alpha value is -1.84. The Morgan fingerprint density at radius 3 is 2.61 bits per heavy atom. The number of rotatable bonds is 4.